The van der Waals surface area contributed by atoms with E-state index in [4.69, 9.17) is 5.11 Å². The number of aliphatic carboxylic acids is 1. The number of rotatable bonds is 3. The summed E-state index contributed by atoms with van der Waals surface area (Å²) < 4.78 is 0. The van der Waals surface area contributed by atoms with Crippen LogP contribution in [0.1, 0.15) is 33.1 Å². The van der Waals surface area contributed by atoms with Gasteiger partial charge in [0.1, 0.15) is 0 Å². The molecule has 2 atom stereocenters. The molecule has 0 saturated heterocycles. The fourth-order valence-corrected chi connectivity index (χ4v) is 2.75. The molecule has 0 spiro atoms. The lowest BCUT2D eigenvalue weighted by Crippen LogP contribution is -2.30. The molecular formula is C13H18O2. The van der Waals surface area contributed by atoms with Crippen molar-refractivity contribution in [1.82, 2.24) is 0 Å². The van der Waals surface area contributed by atoms with Crippen molar-refractivity contribution < 1.29 is 9.90 Å². The molecule has 0 radical (unpaired) electrons. The van der Waals surface area contributed by atoms with Crippen LogP contribution in [0.5, 0.6) is 0 Å². The quantitative estimate of drug-likeness (QED) is 0.721. The van der Waals surface area contributed by atoms with Crippen LogP contribution in [0.4, 0.5) is 0 Å². The number of hydrogen-bond donors (Lipinski definition) is 1. The highest BCUT2D eigenvalue weighted by Gasteiger charge is 2.42. The second-order valence-electron chi connectivity index (χ2n) is 5.33. The summed E-state index contributed by atoms with van der Waals surface area (Å²) in [5.74, 6) is 0.270. The van der Waals surface area contributed by atoms with E-state index in [0.717, 1.165) is 18.4 Å². The molecule has 0 heterocycles. The molecule has 0 amide bonds. The van der Waals surface area contributed by atoms with Crippen LogP contribution in [0.15, 0.2) is 23.8 Å². The van der Waals surface area contributed by atoms with Gasteiger partial charge in [0, 0.05) is 0 Å². The first-order valence-corrected chi connectivity index (χ1v) is 5.53. The van der Waals surface area contributed by atoms with Crippen LogP contribution >= 0.6 is 0 Å². The van der Waals surface area contributed by atoms with E-state index in [-0.39, 0.29) is 0 Å². The minimum absolute atomic E-state index is 0.399. The van der Waals surface area contributed by atoms with Crippen LogP contribution < -0.4 is 0 Å². The van der Waals surface area contributed by atoms with Crippen molar-refractivity contribution in [1.29, 1.82) is 0 Å². The van der Waals surface area contributed by atoms with Crippen molar-refractivity contribution in [3.05, 3.63) is 23.8 Å². The number of carboxylic acids is 1. The molecule has 2 aliphatic carbocycles. The zero-order valence-corrected chi connectivity index (χ0v) is 9.42. The van der Waals surface area contributed by atoms with E-state index in [1.165, 1.54) is 12.0 Å². The predicted molar refractivity (Wildman–Crippen MR) is 59.5 cm³/mol. The summed E-state index contributed by atoms with van der Waals surface area (Å²) in [6.07, 6.45) is 5.64. The summed E-state index contributed by atoms with van der Waals surface area (Å²) in [5, 5.41) is 9.17. The Morgan fingerprint density at radius 1 is 1.53 bits per heavy atom. The molecule has 1 N–H and O–H groups in total. The van der Waals surface area contributed by atoms with E-state index in [2.05, 4.69) is 12.7 Å². The largest absolute Gasteiger partial charge is 0.481 e. The monoisotopic (exact) mass is 206 g/mol. The minimum Gasteiger partial charge on any atom is -0.481 e. The molecule has 0 aromatic carbocycles. The van der Waals surface area contributed by atoms with Crippen molar-refractivity contribution in [2.75, 3.05) is 0 Å². The second kappa shape index (κ2) is 3.22. The maximum absolute atomic E-state index is 11.1. The Hall–Kier alpha value is -1.05. The Morgan fingerprint density at radius 3 is 2.60 bits per heavy atom. The molecular weight excluding hydrogens is 188 g/mol. The Morgan fingerprint density at radius 2 is 2.20 bits per heavy atom. The van der Waals surface area contributed by atoms with E-state index in [9.17, 15) is 4.79 Å². The van der Waals surface area contributed by atoms with Crippen molar-refractivity contribution in [3.63, 3.8) is 0 Å². The average Bonchev–Trinajstić information content (AvgIpc) is 2.76. The van der Waals surface area contributed by atoms with Crippen molar-refractivity contribution >= 4 is 5.97 Å². The van der Waals surface area contributed by atoms with Gasteiger partial charge in [-0.1, -0.05) is 23.8 Å². The summed E-state index contributed by atoms with van der Waals surface area (Å²) in [6, 6.07) is 0. The summed E-state index contributed by atoms with van der Waals surface area (Å²) in [5.41, 5.74) is 1.63. The van der Waals surface area contributed by atoms with E-state index in [1.54, 1.807) is 13.8 Å². The topological polar surface area (TPSA) is 37.3 Å². The zero-order chi connectivity index (χ0) is 11.2. The van der Waals surface area contributed by atoms with Crippen molar-refractivity contribution in [3.8, 4) is 0 Å². The van der Waals surface area contributed by atoms with Gasteiger partial charge in [0.15, 0.2) is 0 Å². The highest BCUT2D eigenvalue weighted by atomic mass is 16.4. The van der Waals surface area contributed by atoms with Crippen LogP contribution in [-0.2, 0) is 4.79 Å². The molecule has 2 aliphatic rings. The molecule has 0 aromatic rings. The number of carbonyl (C=O) groups is 1. The molecule has 82 valence electrons. The lowest BCUT2D eigenvalue weighted by atomic mass is 9.73. The summed E-state index contributed by atoms with van der Waals surface area (Å²) in [7, 11) is 0. The second-order valence-corrected chi connectivity index (χ2v) is 5.33. The van der Waals surface area contributed by atoms with Gasteiger partial charge >= 0.3 is 5.97 Å². The Bertz CT molecular complexity index is 350. The van der Waals surface area contributed by atoms with Crippen LogP contribution in [0, 0.1) is 17.3 Å². The SMILES string of the molecule is C=C(C1CC2=CCC1C2)C(C)(C)C(=O)O. The normalized spacial score (nSPS) is 29.1. The lowest BCUT2D eigenvalue weighted by Gasteiger charge is -2.30. The smallest absolute Gasteiger partial charge is 0.313 e. The van der Waals surface area contributed by atoms with E-state index >= 15 is 0 Å². The van der Waals surface area contributed by atoms with Gasteiger partial charge in [0.2, 0.25) is 0 Å². The summed E-state index contributed by atoms with van der Waals surface area (Å²) >= 11 is 0. The molecule has 2 bridgehead atoms. The van der Waals surface area contributed by atoms with Crippen molar-refractivity contribution in [2.45, 2.75) is 33.1 Å². The van der Waals surface area contributed by atoms with E-state index < -0.39 is 11.4 Å². The standard InChI is InChI=1S/C13H18O2/c1-8(13(2,3)12(14)15)11-7-9-4-5-10(11)6-9/h4,10-11H,1,5-7H2,2-3H3,(H,14,15). The molecule has 0 aliphatic heterocycles. The first-order chi connectivity index (χ1) is 6.93. The molecule has 2 rings (SSSR count). The molecule has 2 heteroatoms. The van der Waals surface area contributed by atoms with Crippen LogP contribution in [0.3, 0.4) is 0 Å². The van der Waals surface area contributed by atoms with Crippen LogP contribution in [0.25, 0.3) is 0 Å². The highest BCUT2D eigenvalue weighted by molar-refractivity contribution is 5.77. The molecule has 1 saturated carbocycles. The van der Waals surface area contributed by atoms with Gasteiger partial charge < -0.3 is 5.11 Å². The van der Waals surface area contributed by atoms with Crippen molar-refractivity contribution in [2.24, 2.45) is 17.3 Å². The molecule has 0 aromatic heterocycles. The third kappa shape index (κ3) is 1.52. The van der Waals surface area contributed by atoms with Crippen LogP contribution in [0.2, 0.25) is 0 Å². The lowest BCUT2D eigenvalue weighted by molar-refractivity contribution is -0.145. The maximum Gasteiger partial charge on any atom is 0.313 e. The Balaban J connectivity index is 2.16. The number of carboxylic acid groups (broad SMARTS) is 1. The zero-order valence-electron chi connectivity index (χ0n) is 9.42. The molecule has 2 unspecified atom stereocenters. The van der Waals surface area contributed by atoms with E-state index in [0.29, 0.717) is 11.8 Å². The average molecular weight is 206 g/mol. The van der Waals surface area contributed by atoms with Gasteiger partial charge in [-0.15, -0.1) is 0 Å². The summed E-state index contributed by atoms with van der Waals surface area (Å²) in [6.45, 7) is 7.56. The Kier molecular flexibility index (Phi) is 2.25. The first-order valence-electron chi connectivity index (χ1n) is 5.53. The van der Waals surface area contributed by atoms with Gasteiger partial charge in [-0.25, -0.2) is 0 Å². The third-order valence-electron chi connectivity index (χ3n) is 4.07. The third-order valence-corrected chi connectivity index (χ3v) is 4.07. The molecule has 2 nitrogen and oxygen atoms in total. The maximum atomic E-state index is 11.1. The minimum atomic E-state index is -0.782. The number of allylic oxidation sites excluding steroid dienone is 2. The number of hydrogen-bond acceptors (Lipinski definition) is 1. The van der Waals surface area contributed by atoms with Gasteiger partial charge in [0.05, 0.1) is 5.41 Å². The first kappa shape index (κ1) is 10.5. The predicted octanol–water partition coefficient (Wildman–Crippen LogP) is 3.01. The fraction of sp³-hybridized carbons (Fsp3) is 0.615. The van der Waals surface area contributed by atoms with Gasteiger partial charge in [-0.2, -0.15) is 0 Å². The van der Waals surface area contributed by atoms with Gasteiger partial charge in [-0.3, -0.25) is 4.79 Å². The number of fused-ring (bicyclic) bond motifs is 2. The highest BCUT2D eigenvalue weighted by Crippen LogP contribution is 2.50. The van der Waals surface area contributed by atoms with Crippen LogP contribution in [-0.4, -0.2) is 11.1 Å². The van der Waals surface area contributed by atoms with Gasteiger partial charge in [0.25, 0.3) is 0 Å². The van der Waals surface area contributed by atoms with E-state index in [1.807, 2.05) is 0 Å². The summed E-state index contributed by atoms with van der Waals surface area (Å²) in [4.78, 5) is 11.1. The Labute approximate surface area is 90.7 Å². The fourth-order valence-electron chi connectivity index (χ4n) is 2.75. The molecule has 15 heavy (non-hydrogen) atoms. The molecule has 1 fully saturated rings. The van der Waals surface area contributed by atoms with Gasteiger partial charge in [-0.05, 0) is 44.9 Å².